The van der Waals surface area contributed by atoms with Gasteiger partial charge in [-0.25, -0.2) is 4.68 Å². The highest BCUT2D eigenvalue weighted by molar-refractivity contribution is 5.50. The van der Waals surface area contributed by atoms with Crippen LogP contribution in [0.1, 0.15) is 6.92 Å². The van der Waals surface area contributed by atoms with Crippen molar-refractivity contribution in [1.29, 1.82) is 0 Å². The average molecular weight is 189 g/mol. The third kappa shape index (κ3) is 1.71. The van der Waals surface area contributed by atoms with Gasteiger partial charge in [0.2, 0.25) is 0 Å². The van der Waals surface area contributed by atoms with E-state index in [0.29, 0.717) is 0 Å². The molecule has 14 heavy (non-hydrogen) atoms. The maximum Gasteiger partial charge on any atom is 0.143 e. The van der Waals surface area contributed by atoms with Crippen molar-refractivity contribution in [3.8, 4) is 5.69 Å². The Kier molecular flexibility index (Phi) is 2.40. The number of aromatic nitrogens is 4. The molecule has 2 rings (SSSR count). The summed E-state index contributed by atoms with van der Waals surface area (Å²) in [6, 6.07) is 7.93. The molecule has 1 heterocycles. The Morgan fingerprint density at radius 1 is 1.43 bits per heavy atom. The fraction of sp³-hybridized carbons (Fsp3) is 0.222. The van der Waals surface area contributed by atoms with Gasteiger partial charge in [0.25, 0.3) is 0 Å². The second kappa shape index (κ2) is 3.87. The Labute approximate surface area is 81.8 Å². The van der Waals surface area contributed by atoms with Gasteiger partial charge in [-0.3, -0.25) is 0 Å². The van der Waals surface area contributed by atoms with Crippen molar-refractivity contribution in [2.75, 3.05) is 11.9 Å². The number of hydrogen-bond acceptors (Lipinski definition) is 4. The summed E-state index contributed by atoms with van der Waals surface area (Å²) >= 11 is 0. The molecule has 5 nitrogen and oxygen atoms in total. The summed E-state index contributed by atoms with van der Waals surface area (Å²) in [5, 5.41) is 14.2. The number of rotatable bonds is 3. The Bertz CT molecular complexity index is 395. The van der Waals surface area contributed by atoms with E-state index in [0.717, 1.165) is 17.9 Å². The summed E-state index contributed by atoms with van der Waals surface area (Å²) < 4.78 is 1.63. The van der Waals surface area contributed by atoms with Gasteiger partial charge in [-0.15, -0.1) is 5.10 Å². The zero-order chi connectivity index (χ0) is 9.80. The van der Waals surface area contributed by atoms with Gasteiger partial charge in [0, 0.05) is 12.2 Å². The number of nitrogens with zero attached hydrogens (tertiary/aromatic N) is 4. The fourth-order valence-electron chi connectivity index (χ4n) is 1.24. The minimum absolute atomic E-state index is 0.902. The molecule has 0 unspecified atom stereocenters. The molecule has 0 spiro atoms. The fourth-order valence-corrected chi connectivity index (χ4v) is 1.24. The molecule has 0 saturated heterocycles. The first-order chi connectivity index (χ1) is 6.90. The second-order valence-corrected chi connectivity index (χ2v) is 2.84. The van der Waals surface area contributed by atoms with E-state index in [9.17, 15) is 0 Å². The lowest BCUT2D eigenvalue weighted by Crippen LogP contribution is -1.99. The number of nitrogens with one attached hydrogen (secondary N) is 1. The quantitative estimate of drug-likeness (QED) is 0.785. The first kappa shape index (κ1) is 8.68. The highest BCUT2D eigenvalue weighted by Crippen LogP contribution is 2.12. The number of benzene rings is 1. The van der Waals surface area contributed by atoms with Gasteiger partial charge >= 0.3 is 0 Å². The van der Waals surface area contributed by atoms with Crippen molar-refractivity contribution in [2.24, 2.45) is 0 Å². The molecule has 0 atom stereocenters. The van der Waals surface area contributed by atoms with E-state index in [4.69, 9.17) is 0 Å². The number of anilines is 1. The Balaban J connectivity index is 2.31. The topological polar surface area (TPSA) is 55.6 Å². The van der Waals surface area contributed by atoms with Crippen molar-refractivity contribution in [1.82, 2.24) is 20.2 Å². The van der Waals surface area contributed by atoms with E-state index < -0.39 is 0 Å². The van der Waals surface area contributed by atoms with Crippen LogP contribution in [-0.2, 0) is 0 Å². The van der Waals surface area contributed by atoms with Crippen LogP contribution >= 0.6 is 0 Å². The van der Waals surface area contributed by atoms with E-state index in [1.54, 1.807) is 11.0 Å². The minimum Gasteiger partial charge on any atom is -0.385 e. The highest BCUT2D eigenvalue weighted by atomic mass is 15.5. The van der Waals surface area contributed by atoms with Crippen molar-refractivity contribution < 1.29 is 0 Å². The Hall–Kier alpha value is -1.91. The summed E-state index contributed by atoms with van der Waals surface area (Å²) in [5.41, 5.74) is 2.02. The van der Waals surface area contributed by atoms with Crippen LogP contribution in [0, 0.1) is 0 Å². The molecular weight excluding hydrogens is 178 g/mol. The molecule has 0 aliphatic rings. The monoisotopic (exact) mass is 189 g/mol. The van der Waals surface area contributed by atoms with Crippen LogP contribution in [0.3, 0.4) is 0 Å². The predicted molar refractivity (Wildman–Crippen MR) is 53.3 cm³/mol. The zero-order valence-electron chi connectivity index (χ0n) is 7.88. The van der Waals surface area contributed by atoms with Crippen LogP contribution in [0.2, 0.25) is 0 Å². The average Bonchev–Trinajstić information content (AvgIpc) is 2.71. The van der Waals surface area contributed by atoms with Crippen LogP contribution in [0.25, 0.3) is 5.69 Å². The summed E-state index contributed by atoms with van der Waals surface area (Å²) in [7, 11) is 0. The Morgan fingerprint density at radius 3 is 3.07 bits per heavy atom. The van der Waals surface area contributed by atoms with E-state index >= 15 is 0 Å². The van der Waals surface area contributed by atoms with Gasteiger partial charge in [0.05, 0.1) is 5.69 Å². The maximum atomic E-state index is 3.82. The van der Waals surface area contributed by atoms with Crippen molar-refractivity contribution in [2.45, 2.75) is 6.92 Å². The molecule has 2 aromatic rings. The summed E-state index contributed by atoms with van der Waals surface area (Å²) in [6.45, 7) is 2.96. The van der Waals surface area contributed by atoms with Crippen LogP contribution in [-0.4, -0.2) is 26.8 Å². The summed E-state index contributed by atoms with van der Waals surface area (Å²) in [4.78, 5) is 0. The summed E-state index contributed by atoms with van der Waals surface area (Å²) in [6.07, 6.45) is 1.57. The van der Waals surface area contributed by atoms with E-state index in [1.807, 2.05) is 24.3 Å². The van der Waals surface area contributed by atoms with Gasteiger partial charge in [-0.1, -0.05) is 6.07 Å². The third-order valence-electron chi connectivity index (χ3n) is 1.84. The minimum atomic E-state index is 0.902. The molecular formula is C9H11N5. The molecule has 0 aliphatic heterocycles. The van der Waals surface area contributed by atoms with Crippen molar-refractivity contribution >= 4 is 5.69 Å². The lowest BCUT2D eigenvalue weighted by atomic mass is 10.3. The molecule has 0 bridgehead atoms. The normalized spacial score (nSPS) is 10.1. The third-order valence-corrected chi connectivity index (χ3v) is 1.84. The van der Waals surface area contributed by atoms with E-state index in [1.165, 1.54) is 0 Å². The van der Waals surface area contributed by atoms with Gasteiger partial charge in [-0.2, -0.15) is 0 Å². The number of hydrogen-bond donors (Lipinski definition) is 1. The second-order valence-electron chi connectivity index (χ2n) is 2.84. The van der Waals surface area contributed by atoms with E-state index in [2.05, 4.69) is 27.8 Å². The predicted octanol–water partition coefficient (Wildman–Crippen LogP) is 1.09. The molecule has 0 saturated carbocycles. The lowest BCUT2D eigenvalue weighted by Gasteiger charge is -2.04. The van der Waals surface area contributed by atoms with Crippen molar-refractivity contribution in [3.05, 3.63) is 30.6 Å². The van der Waals surface area contributed by atoms with Crippen LogP contribution in [0.4, 0.5) is 5.69 Å². The summed E-state index contributed by atoms with van der Waals surface area (Å²) in [5.74, 6) is 0. The van der Waals surface area contributed by atoms with Gasteiger partial charge < -0.3 is 5.32 Å². The highest BCUT2D eigenvalue weighted by Gasteiger charge is 1.97. The molecule has 1 aromatic carbocycles. The first-order valence-electron chi connectivity index (χ1n) is 4.47. The van der Waals surface area contributed by atoms with Gasteiger partial charge in [0.15, 0.2) is 0 Å². The van der Waals surface area contributed by atoms with Crippen molar-refractivity contribution in [3.63, 3.8) is 0 Å². The lowest BCUT2D eigenvalue weighted by molar-refractivity contribution is 0.789. The smallest absolute Gasteiger partial charge is 0.143 e. The largest absolute Gasteiger partial charge is 0.385 e. The van der Waals surface area contributed by atoms with Gasteiger partial charge in [-0.05, 0) is 35.5 Å². The molecule has 1 aromatic heterocycles. The molecule has 0 radical (unpaired) electrons. The standard InChI is InChI=1S/C9H11N5/c1-2-10-8-4-3-5-9(6-8)14-7-11-12-13-14/h3-7,10H,2H2,1H3. The zero-order valence-corrected chi connectivity index (χ0v) is 7.88. The molecule has 0 amide bonds. The molecule has 1 N–H and O–H groups in total. The first-order valence-corrected chi connectivity index (χ1v) is 4.47. The van der Waals surface area contributed by atoms with Crippen LogP contribution in [0.5, 0.6) is 0 Å². The molecule has 72 valence electrons. The molecule has 5 heteroatoms. The number of tetrazole rings is 1. The Morgan fingerprint density at radius 2 is 2.36 bits per heavy atom. The van der Waals surface area contributed by atoms with E-state index in [-0.39, 0.29) is 0 Å². The SMILES string of the molecule is CCNc1cccc(-n2cnnn2)c1. The van der Waals surface area contributed by atoms with Crippen LogP contribution < -0.4 is 5.32 Å². The van der Waals surface area contributed by atoms with Gasteiger partial charge in [0.1, 0.15) is 6.33 Å². The van der Waals surface area contributed by atoms with Crippen LogP contribution in [0.15, 0.2) is 30.6 Å². The maximum absolute atomic E-state index is 3.82. The molecule has 0 fully saturated rings. The molecule has 0 aliphatic carbocycles.